The van der Waals surface area contributed by atoms with Gasteiger partial charge in [-0.2, -0.15) is 0 Å². The van der Waals surface area contributed by atoms with E-state index in [0.717, 1.165) is 23.5 Å². The monoisotopic (exact) mass is 256 g/mol. The maximum atomic E-state index is 2.44. The fraction of sp³-hybridized carbons (Fsp3) is 0.556. The third kappa shape index (κ3) is 4.89. The van der Waals surface area contributed by atoms with E-state index in [-0.39, 0.29) is 0 Å². The summed E-state index contributed by atoms with van der Waals surface area (Å²) >= 11 is 0. The van der Waals surface area contributed by atoms with Gasteiger partial charge in [0.15, 0.2) is 6.71 Å². The van der Waals surface area contributed by atoms with Crippen molar-refractivity contribution in [3.63, 3.8) is 0 Å². The highest BCUT2D eigenvalue weighted by atomic mass is 14.1. The molecule has 1 aromatic carbocycles. The van der Waals surface area contributed by atoms with Gasteiger partial charge in [0.05, 0.1) is 0 Å². The fourth-order valence-corrected chi connectivity index (χ4v) is 2.50. The summed E-state index contributed by atoms with van der Waals surface area (Å²) in [6.45, 7) is 14.8. The maximum absolute atomic E-state index is 2.44. The molecule has 19 heavy (non-hydrogen) atoms. The van der Waals surface area contributed by atoms with Crippen LogP contribution in [0.4, 0.5) is 0 Å². The van der Waals surface area contributed by atoms with Gasteiger partial charge < -0.3 is 0 Å². The minimum atomic E-state index is 0.653. The molecule has 1 aromatic rings. The lowest BCUT2D eigenvalue weighted by Crippen LogP contribution is -2.28. The molecule has 0 aliphatic heterocycles. The quantitative estimate of drug-likeness (QED) is 0.562. The summed E-state index contributed by atoms with van der Waals surface area (Å²) in [5, 5.41) is 0. The Morgan fingerprint density at radius 2 is 1.26 bits per heavy atom. The summed E-state index contributed by atoms with van der Waals surface area (Å²) in [6.07, 6.45) is 2.29. The molecule has 0 amide bonds. The SMILES string of the molecule is CC(C)C(C)B(/C=C/c1ccccc1)C(C)C(C)C. The maximum Gasteiger partial charge on any atom is 0.172 e. The smallest absolute Gasteiger partial charge is 0.114 e. The second-order valence-electron chi connectivity index (χ2n) is 6.55. The summed E-state index contributed by atoms with van der Waals surface area (Å²) in [4.78, 5) is 0. The van der Waals surface area contributed by atoms with Crippen LogP contribution in [0.2, 0.25) is 11.6 Å². The molecule has 0 radical (unpaired) electrons. The van der Waals surface area contributed by atoms with Crippen LogP contribution in [-0.2, 0) is 0 Å². The minimum absolute atomic E-state index is 0.653. The van der Waals surface area contributed by atoms with E-state index < -0.39 is 0 Å². The molecule has 0 nitrogen and oxygen atoms in total. The zero-order valence-electron chi connectivity index (χ0n) is 13.4. The molecule has 0 heterocycles. The fourth-order valence-electron chi connectivity index (χ4n) is 2.50. The Bertz CT molecular complexity index is 364. The molecular formula is C18H29B. The first kappa shape index (κ1) is 16.1. The van der Waals surface area contributed by atoms with Gasteiger partial charge in [0.2, 0.25) is 0 Å². The average molecular weight is 256 g/mol. The second-order valence-corrected chi connectivity index (χ2v) is 6.55. The highest BCUT2D eigenvalue weighted by Crippen LogP contribution is 2.33. The van der Waals surface area contributed by atoms with Crippen molar-refractivity contribution < 1.29 is 0 Å². The summed E-state index contributed by atoms with van der Waals surface area (Å²) in [5.74, 6) is 5.33. The largest absolute Gasteiger partial charge is 0.172 e. The first-order valence-corrected chi connectivity index (χ1v) is 7.66. The Labute approximate surface area is 120 Å². The molecule has 0 aliphatic carbocycles. The molecule has 0 bridgehead atoms. The third-order valence-electron chi connectivity index (χ3n) is 4.63. The molecule has 0 saturated heterocycles. The lowest BCUT2D eigenvalue weighted by atomic mass is 9.31. The van der Waals surface area contributed by atoms with Crippen LogP contribution in [0.1, 0.15) is 47.1 Å². The van der Waals surface area contributed by atoms with Crippen LogP contribution in [-0.4, -0.2) is 6.71 Å². The van der Waals surface area contributed by atoms with Crippen LogP contribution in [0, 0.1) is 11.8 Å². The zero-order chi connectivity index (χ0) is 14.4. The van der Waals surface area contributed by atoms with Crippen molar-refractivity contribution in [2.24, 2.45) is 11.8 Å². The van der Waals surface area contributed by atoms with Crippen molar-refractivity contribution in [1.29, 1.82) is 0 Å². The second kappa shape index (κ2) is 7.57. The van der Waals surface area contributed by atoms with Gasteiger partial charge in [-0.25, -0.2) is 0 Å². The standard InChI is InChI=1S/C18H29B/c1-14(2)16(5)19(17(6)15(3)4)13-12-18-10-8-7-9-11-18/h7-17H,1-6H3/b13-12+. The summed E-state index contributed by atoms with van der Waals surface area (Å²) in [7, 11) is 0. The van der Waals surface area contributed by atoms with Crippen molar-refractivity contribution in [2.45, 2.75) is 53.2 Å². The lowest BCUT2D eigenvalue weighted by Gasteiger charge is -2.29. The number of hydrogen-bond acceptors (Lipinski definition) is 0. The molecule has 2 atom stereocenters. The van der Waals surface area contributed by atoms with E-state index in [1.165, 1.54) is 5.56 Å². The molecule has 0 aliphatic rings. The van der Waals surface area contributed by atoms with E-state index in [4.69, 9.17) is 0 Å². The van der Waals surface area contributed by atoms with E-state index in [1.807, 2.05) is 0 Å². The van der Waals surface area contributed by atoms with Gasteiger partial charge in [-0.05, 0) is 5.56 Å². The van der Waals surface area contributed by atoms with Crippen LogP contribution >= 0.6 is 0 Å². The molecular weight excluding hydrogens is 227 g/mol. The Hall–Kier alpha value is -0.975. The molecule has 0 spiro atoms. The predicted molar refractivity (Wildman–Crippen MR) is 89.8 cm³/mol. The van der Waals surface area contributed by atoms with Gasteiger partial charge in [-0.3, -0.25) is 0 Å². The van der Waals surface area contributed by atoms with Gasteiger partial charge in [0.1, 0.15) is 0 Å². The normalized spacial score (nSPS) is 15.2. The Morgan fingerprint density at radius 1 is 0.789 bits per heavy atom. The van der Waals surface area contributed by atoms with E-state index in [2.05, 4.69) is 83.9 Å². The number of benzene rings is 1. The molecule has 1 rings (SSSR count). The zero-order valence-corrected chi connectivity index (χ0v) is 13.4. The van der Waals surface area contributed by atoms with Crippen molar-refractivity contribution in [1.82, 2.24) is 0 Å². The van der Waals surface area contributed by atoms with E-state index in [9.17, 15) is 0 Å². The summed E-state index contributed by atoms with van der Waals surface area (Å²) in [6, 6.07) is 10.6. The average Bonchev–Trinajstić information content (AvgIpc) is 2.39. The summed E-state index contributed by atoms with van der Waals surface area (Å²) < 4.78 is 0. The Balaban J connectivity index is 2.88. The first-order chi connectivity index (χ1) is 8.93. The predicted octanol–water partition coefficient (Wildman–Crippen LogP) is 5.83. The third-order valence-corrected chi connectivity index (χ3v) is 4.63. The first-order valence-electron chi connectivity index (χ1n) is 7.66. The summed E-state index contributed by atoms with van der Waals surface area (Å²) in [5.41, 5.74) is 1.31. The van der Waals surface area contributed by atoms with Crippen molar-refractivity contribution in [3.8, 4) is 0 Å². The lowest BCUT2D eigenvalue weighted by molar-refractivity contribution is 0.567. The Kier molecular flexibility index (Phi) is 6.41. The number of hydrogen-bond donors (Lipinski definition) is 0. The van der Waals surface area contributed by atoms with Gasteiger partial charge in [-0.1, -0.05) is 101 Å². The van der Waals surface area contributed by atoms with Gasteiger partial charge >= 0.3 is 0 Å². The van der Waals surface area contributed by atoms with Gasteiger partial charge in [0.25, 0.3) is 0 Å². The van der Waals surface area contributed by atoms with Crippen molar-refractivity contribution in [2.75, 3.05) is 0 Å². The minimum Gasteiger partial charge on any atom is -0.114 e. The topological polar surface area (TPSA) is 0 Å². The molecule has 104 valence electrons. The highest BCUT2D eigenvalue weighted by molar-refractivity contribution is 6.68. The molecule has 0 aromatic heterocycles. The van der Waals surface area contributed by atoms with Crippen LogP contribution in [0.3, 0.4) is 0 Å². The van der Waals surface area contributed by atoms with Crippen LogP contribution in [0.25, 0.3) is 6.08 Å². The van der Waals surface area contributed by atoms with Crippen molar-refractivity contribution in [3.05, 3.63) is 41.9 Å². The van der Waals surface area contributed by atoms with Crippen LogP contribution in [0.5, 0.6) is 0 Å². The van der Waals surface area contributed by atoms with Crippen LogP contribution < -0.4 is 0 Å². The number of rotatable bonds is 6. The molecule has 1 heteroatoms. The van der Waals surface area contributed by atoms with E-state index >= 15 is 0 Å². The van der Waals surface area contributed by atoms with Gasteiger partial charge in [0, 0.05) is 0 Å². The molecule has 2 unspecified atom stereocenters. The highest BCUT2D eigenvalue weighted by Gasteiger charge is 2.28. The molecule has 0 N–H and O–H groups in total. The van der Waals surface area contributed by atoms with E-state index in [0.29, 0.717) is 6.71 Å². The molecule has 0 fully saturated rings. The van der Waals surface area contributed by atoms with Crippen LogP contribution in [0.15, 0.2) is 36.3 Å². The van der Waals surface area contributed by atoms with E-state index in [1.54, 1.807) is 0 Å². The molecule has 0 saturated carbocycles. The van der Waals surface area contributed by atoms with Crippen molar-refractivity contribution >= 4 is 12.8 Å². The Morgan fingerprint density at radius 3 is 1.68 bits per heavy atom. The van der Waals surface area contributed by atoms with Gasteiger partial charge in [-0.15, -0.1) is 5.98 Å².